The molecule has 0 radical (unpaired) electrons. The van der Waals surface area contributed by atoms with Gasteiger partial charge in [-0.3, -0.25) is 5.43 Å². The number of hydrogen-bond acceptors (Lipinski definition) is 6. The van der Waals surface area contributed by atoms with Crippen molar-refractivity contribution in [2.24, 2.45) is 5.10 Å². The Morgan fingerprint density at radius 3 is 2.89 bits per heavy atom. The van der Waals surface area contributed by atoms with E-state index >= 15 is 0 Å². The molecule has 0 aliphatic carbocycles. The molecule has 0 saturated heterocycles. The third-order valence-electron chi connectivity index (χ3n) is 2.18. The van der Waals surface area contributed by atoms with Crippen molar-refractivity contribution >= 4 is 22.7 Å². The molecule has 6 heteroatoms. The van der Waals surface area contributed by atoms with Crippen molar-refractivity contribution in [1.29, 1.82) is 5.26 Å². The van der Waals surface area contributed by atoms with Crippen molar-refractivity contribution in [3.05, 3.63) is 40.9 Å². The summed E-state index contributed by atoms with van der Waals surface area (Å²) in [5.41, 5.74) is 4.77. The normalized spacial score (nSPS) is 10.3. The van der Waals surface area contributed by atoms with Crippen molar-refractivity contribution in [2.45, 2.75) is 6.92 Å². The molecule has 96 valence electrons. The van der Waals surface area contributed by atoms with Crippen LogP contribution in [0.2, 0.25) is 0 Å². The van der Waals surface area contributed by atoms with Crippen LogP contribution in [0.1, 0.15) is 11.3 Å². The molecule has 0 spiro atoms. The predicted octanol–water partition coefficient (Wildman–Crippen LogP) is 2.80. The summed E-state index contributed by atoms with van der Waals surface area (Å²) in [4.78, 5) is 4.23. The second-order valence-electron chi connectivity index (χ2n) is 3.68. The molecule has 0 aliphatic heterocycles. The minimum absolute atomic E-state index is 0.0540. The summed E-state index contributed by atoms with van der Waals surface area (Å²) in [7, 11) is 0. The van der Waals surface area contributed by atoms with Gasteiger partial charge in [-0.2, -0.15) is 10.4 Å². The maximum Gasteiger partial charge on any atom is 0.203 e. The Kier molecular flexibility index (Phi) is 4.48. The lowest BCUT2D eigenvalue weighted by molar-refractivity contribution is 0.368. The molecule has 1 N–H and O–H groups in total. The van der Waals surface area contributed by atoms with Crippen LogP contribution in [0.5, 0.6) is 5.75 Å². The number of ether oxygens (including phenoxy) is 1. The van der Waals surface area contributed by atoms with Gasteiger partial charge in [-0.05, 0) is 36.8 Å². The van der Waals surface area contributed by atoms with E-state index in [1.807, 2.05) is 30.5 Å². The Labute approximate surface area is 115 Å². The fraction of sp³-hybridized carbons (Fsp3) is 0.154. The average molecular weight is 272 g/mol. The molecule has 2 aromatic rings. The van der Waals surface area contributed by atoms with Crippen molar-refractivity contribution in [3.8, 4) is 11.8 Å². The molecular weight excluding hydrogens is 260 g/mol. The largest absolute Gasteiger partial charge is 0.479 e. The van der Waals surface area contributed by atoms with E-state index in [-0.39, 0.29) is 6.61 Å². The third-order valence-corrected chi connectivity index (χ3v) is 3.04. The number of nitriles is 1. The summed E-state index contributed by atoms with van der Waals surface area (Å²) in [5.74, 6) is 0.669. The zero-order chi connectivity index (χ0) is 13.5. The number of anilines is 1. The molecule has 0 atom stereocenters. The summed E-state index contributed by atoms with van der Waals surface area (Å²) in [6.45, 7) is 1.99. The van der Waals surface area contributed by atoms with Crippen molar-refractivity contribution < 1.29 is 4.74 Å². The first-order chi connectivity index (χ1) is 9.28. The number of nitrogens with zero attached hydrogens (tertiary/aromatic N) is 3. The Hall–Kier alpha value is -2.39. The number of benzene rings is 1. The molecule has 1 heterocycles. The van der Waals surface area contributed by atoms with E-state index in [2.05, 4.69) is 15.5 Å². The molecule has 0 fully saturated rings. The van der Waals surface area contributed by atoms with Crippen LogP contribution < -0.4 is 10.2 Å². The first-order valence-electron chi connectivity index (χ1n) is 5.59. The van der Waals surface area contributed by atoms with Gasteiger partial charge in [-0.1, -0.05) is 0 Å². The lowest BCUT2D eigenvalue weighted by atomic mass is 10.2. The smallest absolute Gasteiger partial charge is 0.203 e. The second kappa shape index (κ2) is 6.52. The highest BCUT2D eigenvalue weighted by molar-refractivity contribution is 7.13. The zero-order valence-electron chi connectivity index (χ0n) is 10.3. The summed E-state index contributed by atoms with van der Waals surface area (Å²) < 4.78 is 5.16. The van der Waals surface area contributed by atoms with E-state index in [9.17, 15) is 0 Å². The molecule has 5 nitrogen and oxygen atoms in total. The summed E-state index contributed by atoms with van der Waals surface area (Å²) in [6, 6.07) is 9.25. The molecule has 0 aliphatic rings. The van der Waals surface area contributed by atoms with E-state index in [0.717, 1.165) is 16.4 Å². The number of nitrogens with one attached hydrogen (secondary N) is 1. The van der Waals surface area contributed by atoms with Gasteiger partial charge in [-0.25, -0.2) is 4.98 Å². The molecule has 0 unspecified atom stereocenters. The maximum absolute atomic E-state index is 8.40. The number of aromatic nitrogens is 1. The van der Waals surface area contributed by atoms with Gasteiger partial charge in [-0.15, -0.1) is 11.3 Å². The Morgan fingerprint density at radius 2 is 2.26 bits per heavy atom. The van der Waals surface area contributed by atoms with E-state index in [0.29, 0.717) is 5.75 Å². The molecule has 1 aromatic carbocycles. The van der Waals surface area contributed by atoms with Gasteiger partial charge in [0.15, 0.2) is 6.61 Å². The number of rotatable bonds is 5. The second-order valence-corrected chi connectivity index (χ2v) is 4.54. The van der Waals surface area contributed by atoms with Crippen molar-refractivity contribution in [2.75, 3.05) is 12.0 Å². The summed E-state index contributed by atoms with van der Waals surface area (Å²) in [5, 5.41) is 15.2. The highest BCUT2D eigenvalue weighted by Gasteiger charge is 1.95. The standard InChI is InChI=1S/C13H12N4OS/c1-10-9-19-13(16-10)17-15-8-11-2-4-12(5-3-11)18-7-6-14/h2-5,8-9H,7H2,1H3,(H,16,17). The van der Waals surface area contributed by atoms with Crippen molar-refractivity contribution in [3.63, 3.8) is 0 Å². The highest BCUT2D eigenvalue weighted by atomic mass is 32.1. The highest BCUT2D eigenvalue weighted by Crippen LogP contribution is 2.14. The van der Waals surface area contributed by atoms with Gasteiger partial charge in [0, 0.05) is 5.38 Å². The van der Waals surface area contributed by atoms with Crippen LogP contribution in [0.3, 0.4) is 0 Å². The minimum atomic E-state index is 0.0540. The van der Waals surface area contributed by atoms with Gasteiger partial charge < -0.3 is 4.74 Å². The Bertz CT molecular complexity index is 598. The van der Waals surface area contributed by atoms with Gasteiger partial charge in [0.05, 0.1) is 11.9 Å². The van der Waals surface area contributed by atoms with Crippen LogP contribution >= 0.6 is 11.3 Å². The third kappa shape index (κ3) is 4.08. The lowest BCUT2D eigenvalue weighted by Crippen LogP contribution is -1.94. The molecule has 0 bridgehead atoms. The van der Waals surface area contributed by atoms with Crippen LogP contribution in [0.25, 0.3) is 0 Å². The monoisotopic (exact) mass is 272 g/mol. The summed E-state index contributed by atoms with van der Waals surface area (Å²) >= 11 is 1.51. The van der Waals surface area contributed by atoms with E-state index in [4.69, 9.17) is 10.00 Å². The predicted molar refractivity (Wildman–Crippen MR) is 75.6 cm³/mol. The molecule has 1 aromatic heterocycles. The molecular formula is C13H12N4OS. The Balaban J connectivity index is 1.90. The van der Waals surface area contributed by atoms with Crippen LogP contribution in [0, 0.1) is 18.3 Å². The number of thiazole rings is 1. The minimum Gasteiger partial charge on any atom is -0.479 e. The van der Waals surface area contributed by atoms with Crippen LogP contribution in [-0.2, 0) is 0 Å². The fourth-order valence-corrected chi connectivity index (χ4v) is 1.97. The van der Waals surface area contributed by atoms with Crippen molar-refractivity contribution in [1.82, 2.24) is 4.98 Å². The van der Waals surface area contributed by atoms with E-state index in [1.54, 1.807) is 18.3 Å². The number of aryl methyl sites for hydroxylation is 1. The Morgan fingerprint density at radius 1 is 1.47 bits per heavy atom. The topological polar surface area (TPSA) is 70.3 Å². The van der Waals surface area contributed by atoms with Gasteiger partial charge >= 0.3 is 0 Å². The van der Waals surface area contributed by atoms with E-state index < -0.39 is 0 Å². The van der Waals surface area contributed by atoms with Crippen LogP contribution in [0.15, 0.2) is 34.7 Å². The van der Waals surface area contributed by atoms with Gasteiger partial charge in [0.1, 0.15) is 11.8 Å². The van der Waals surface area contributed by atoms with Gasteiger partial charge in [0.25, 0.3) is 0 Å². The fourth-order valence-electron chi connectivity index (χ4n) is 1.33. The average Bonchev–Trinajstić information content (AvgIpc) is 2.84. The zero-order valence-corrected chi connectivity index (χ0v) is 11.1. The quantitative estimate of drug-likeness (QED) is 0.671. The first kappa shape index (κ1) is 13.1. The lowest BCUT2D eigenvalue weighted by Gasteiger charge is -2.00. The molecule has 2 rings (SSSR count). The SMILES string of the molecule is Cc1csc(NN=Cc2ccc(OCC#N)cc2)n1. The molecule has 0 amide bonds. The maximum atomic E-state index is 8.40. The van der Waals surface area contributed by atoms with Gasteiger partial charge in [0.2, 0.25) is 5.13 Å². The number of hydrogen-bond donors (Lipinski definition) is 1. The van der Waals surface area contributed by atoms with Crippen LogP contribution in [0.4, 0.5) is 5.13 Å². The van der Waals surface area contributed by atoms with Crippen LogP contribution in [-0.4, -0.2) is 17.8 Å². The first-order valence-corrected chi connectivity index (χ1v) is 6.47. The molecule has 19 heavy (non-hydrogen) atoms. The summed E-state index contributed by atoms with van der Waals surface area (Å²) in [6.07, 6.45) is 1.70. The van der Waals surface area contributed by atoms with E-state index in [1.165, 1.54) is 11.3 Å². The number of hydrazone groups is 1. The molecule has 0 saturated carbocycles.